The molecule has 3 rings (SSSR count). The van der Waals surface area contributed by atoms with E-state index in [0.717, 1.165) is 5.56 Å². The summed E-state index contributed by atoms with van der Waals surface area (Å²) in [5.41, 5.74) is 0.918. The van der Waals surface area contributed by atoms with Crippen LogP contribution in [0.15, 0.2) is 67.1 Å². The van der Waals surface area contributed by atoms with E-state index in [9.17, 15) is 14.9 Å². The molecule has 3 aromatic rings. The Balaban J connectivity index is 1.56. The van der Waals surface area contributed by atoms with Crippen molar-refractivity contribution in [3.63, 3.8) is 0 Å². The number of non-ortho nitro benzene ring substituents is 1. The van der Waals surface area contributed by atoms with E-state index >= 15 is 0 Å². The van der Waals surface area contributed by atoms with E-state index in [2.05, 4.69) is 9.97 Å². The second kappa shape index (κ2) is 7.84. The minimum Gasteiger partial charge on any atom is -0.457 e. The summed E-state index contributed by atoms with van der Waals surface area (Å²) in [6.45, 7) is 0.0905. The second-order valence-corrected chi connectivity index (χ2v) is 5.16. The van der Waals surface area contributed by atoms with Crippen LogP contribution in [0, 0.1) is 10.1 Å². The summed E-state index contributed by atoms with van der Waals surface area (Å²) in [5, 5.41) is 10.6. The van der Waals surface area contributed by atoms with Crippen LogP contribution in [0.1, 0.15) is 16.1 Å². The number of ether oxygens (including phenoxy) is 2. The Morgan fingerprint density at radius 1 is 1.00 bits per heavy atom. The molecule has 0 amide bonds. The van der Waals surface area contributed by atoms with E-state index in [4.69, 9.17) is 9.47 Å². The number of rotatable bonds is 6. The van der Waals surface area contributed by atoms with E-state index in [1.165, 1.54) is 42.9 Å². The van der Waals surface area contributed by atoms with Crippen molar-refractivity contribution < 1.29 is 19.2 Å². The van der Waals surface area contributed by atoms with Crippen molar-refractivity contribution in [3.8, 4) is 11.5 Å². The number of hydrogen-bond donors (Lipinski definition) is 0. The van der Waals surface area contributed by atoms with Gasteiger partial charge < -0.3 is 9.47 Å². The molecule has 0 saturated carbocycles. The molecule has 0 aliphatic rings. The minimum absolute atomic E-state index is 0.00220. The highest BCUT2D eigenvalue weighted by molar-refractivity contribution is 5.86. The maximum Gasteiger partial charge on any atom is 0.358 e. The number of esters is 1. The first-order chi connectivity index (χ1) is 12.6. The molecule has 26 heavy (non-hydrogen) atoms. The molecular formula is C18H13N3O5. The van der Waals surface area contributed by atoms with Gasteiger partial charge in [0.25, 0.3) is 5.69 Å². The van der Waals surface area contributed by atoms with Gasteiger partial charge >= 0.3 is 5.97 Å². The van der Waals surface area contributed by atoms with Crippen LogP contribution in [0.3, 0.4) is 0 Å². The zero-order valence-electron chi connectivity index (χ0n) is 13.4. The molecular weight excluding hydrogens is 338 g/mol. The Hall–Kier alpha value is -3.81. The van der Waals surface area contributed by atoms with Crippen LogP contribution in [-0.2, 0) is 11.3 Å². The molecule has 0 radical (unpaired) electrons. The molecule has 1 heterocycles. The summed E-state index contributed by atoms with van der Waals surface area (Å²) >= 11 is 0. The predicted molar refractivity (Wildman–Crippen MR) is 90.8 cm³/mol. The molecule has 0 fully saturated rings. The van der Waals surface area contributed by atoms with Gasteiger partial charge in [0.1, 0.15) is 18.1 Å². The number of carbonyl (C=O) groups is 1. The van der Waals surface area contributed by atoms with Crippen molar-refractivity contribution >= 4 is 11.7 Å². The van der Waals surface area contributed by atoms with Crippen LogP contribution in [0.2, 0.25) is 0 Å². The number of nitro benzene ring substituents is 1. The second-order valence-electron chi connectivity index (χ2n) is 5.16. The third kappa shape index (κ3) is 4.38. The summed E-state index contributed by atoms with van der Waals surface area (Å²) in [6, 6.07) is 12.7. The lowest BCUT2D eigenvalue weighted by molar-refractivity contribution is -0.384. The van der Waals surface area contributed by atoms with Crippen molar-refractivity contribution in [1.29, 1.82) is 0 Å². The van der Waals surface area contributed by atoms with Crippen LogP contribution in [0.25, 0.3) is 0 Å². The maximum absolute atomic E-state index is 11.8. The Bertz CT molecular complexity index is 896. The van der Waals surface area contributed by atoms with Gasteiger partial charge in [-0.1, -0.05) is 12.1 Å². The average Bonchev–Trinajstić information content (AvgIpc) is 2.68. The van der Waals surface area contributed by atoms with Gasteiger partial charge in [-0.2, -0.15) is 0 Å². The van der Waals surface area contributed by atoms with Gasteiger partial charge in [-0.25, -0.2) is 9.78 Å². The lowest BCUT2D eigenvalue weighted by Gasteiger charge is -2.07. The zero-order valence-corrected chi connectivity index (χ0v) is 13.4. The molecule has 0 aliphatic carbocycles. The normalized spacial score (nSPS) is 10.2. The smallest absolute Gasteiger partial charge is 0.358 e. The Labute approximate surface area is 148 Å². The van der Waals surface area contributed by atoms with Crippen molar-refractivity contribution in [1.82, 2.24) is 9.97 Å². The molecule has 8 heteroatoms. The monoisotopic (exact) mass is 351 g/mol. The SMILES string of the molecule is O=C(OCc1ccc(Oc2ccc([N+](=O)[O-])cc2)cc1)c1cnccn1. The molecule has 0 atom stereocenters. The highest BCUT2D eigenvalue weighted by Gasteiger charge is 2.09. The highest BCUT2D eigenvalue weighted by Crippen LogP contribution is 2.24. The van der Waals surface area contributed by atoms with E-state index in [-0.39, 0.29) is 18.0 Å². The molecule has 0 bridgehead atoms. The van der Waals surface area contributed by atoms with Gasteiger partial charge in [0.15, 0.2) is 5.69 Å². The molecule has 130 valence electrons. The fourth-order valence-corrected chi connectivity index (χ4v) is 2.05. The molecule has 8 nitrogen and oxygen atoms in total. The number of aromatic nitrogens is 2. The average molecular weight is 351 g/mol. The molecule has 0 unspecified atom stereocenters. The van der Waals surface area contributed by atoms with Gasteiger partial charge in [0, 0.05) is 24.5 Å². The van der Waals surface area contributed by atoms with Gasteiger partial charge in [0.2, 0.25) is 0 Å². The first-order valence-electron chi connectivity index (χ1n) is 7.56. The summed E-state index contributed by atoms with van der Waals surface area (Å²) < 4.78 is 10.8. The van der Waals surface area contributed by atoms with E-state index in [1.54, 1.807) is 24.3 Å². The first-order valence-corrected chi connectivity index (χ1v) is 7.56. The number of carbonyl (C=O) groups excluding carboxylic acids is 1. The number of benzene rings is 2. The van der Waals surface area contributed by atoms with Gasteiger partial charge in [-0.05, 0) is 29.8 Å². The van der Waals surface area contributed by atoms with Crippen molar-refractivity contribution in [3.05, 3.63) is 88.5 Å². The van der Waals surface area contributed by atoms with Crippen LogP contribution in [-0.4, -0.2) is 20.9 Å². The topological polar surface area (TPSA) is 104 Å². The molecule has 0 aliphatic heterocycles. The van der Waals surface area contributed by atoms with Crippen molar-refractivity contribution in [2.45, 2.75) is 6.61 Å². The van der Waals surface area contributed by atoms with Crippen LogP contribution >= 0.6 is 0 Å². The summed E-state index contributed by atoms with van der Waals surface area (Å²) in [4.78, 5) is 29.6. The zero-order chi connectivity index (χ0) is 18.4. The van der Waals surface area contributed by atoms with Gasteiger partial charge in [-0.3, -0.25) is 15.1 Å². The molecule has 2 aromatic carbocycles. The molecule has 0 spiro atoms. The van der Waals surface area contributed by atoms with Crippen LogP contribution < -0.4 is 4.74 Å². The largest absolute Gasteiger partial charge is 0.457 e. The maximum atomic E-state index is 11.8. The standard InChI is InChI=1S/C18H13N3O5/c22-18(17-11-19-9-10-20-17)25-12-13-1-5-15(6-2-13)26-16-7-3-14(4-8-16)21(23)24/h1-11H,12H2. The summed E-state index contributed by atoms with van der Waals surface area (Å²) in [5.74, 6) is 0.490. The summed E-state index contributed by atoms with van der Waals surface area (Å²) in [6.07, 6.45) is 4.23. The first kappa shape index (κ1) is 17.0. The third-order valence-corrected chi connectivity index (χ3v) is 3.35. The fraction of sp³-hybridized carbons (Fsp3) is 0.0556. The quantitative estimate of drug-likeness (QED) is 0.380. The molecule has 1 aromatic heterocycles. The van der Waals surface area contributed by atoms with Crippen LogP contribution in [0.5, 0.6) is 11.5 Å². The lowest BCUT2D eigenvalue weighted by Crippen LogP contribution is -2.07. The Morgan fingerprint density at radius 2 is 1.65 bits per heavy atom. The molecule has 0 N–H and O–H groups in total. The Morgan fingerprint density at radius 3 is 2.23 bits per heavy atom. The number of hydrogen-bond acceptors (Lipinski definition) is 7. The fourth-order valence-electron chi connectivity index (χ4n) is 2.05. The van der Waals surface area contributed by atoms with Crippen molar-refractivity contribution in [2.24, 2.45) is 0 Å². The Kier molecular flexibility index (Phi) is 5.14. The number of nitrogens with zero attached hydrogens (tertiary/aromatic N) is 3. The minimum atomic E-state index is -0.552. The highest BCUT2D eigenvalue weighted by atomic mass is 16.6. The van der Waals surface area contributed by atoms with E-state index < -0.39 is 10.9 Å². The van der Waals surface area contributed by atoms with Crippen molar-refractivity contribution in [2.75, 3.05) is 0 Å². The molecule has 0 saturated heterocycles. The number of nitro groups is 1. The van der Waals surface area contributed by atoms with Gasteiger partial charge in [0.05, 0.1) is 11.1 Å². The lowest BCUT2D eigenvalue weighted by atomic mass is 10.2. The van der Waals surface area contributed by atoms with E-state index in [1.807, 2.05) is 0 Å². The van der Waals surface area contributed by atoms with Crippen LogP contribution in [0.4, 0.5) is 5.69 Å². The van der Waals surface area contributed by atoms with Gasteiger partial charge in [-0.15, -0.1) is 0 Å². The van der Waals surface area contributed by atoms with E-state index in [0.29, 0.717) is 11.5 Å². The summed E-state index contributed by atoms with van der Waals surface area (Å²) in [7, 11) is 0. The predicted octanol–water partition coefficient (Wildman–Crippen LogP) is 3.53. The third-order valence-electron chi connectivity index (χ3n) is 3.35.